The number of aromatic nitrogens is 1. The first kappa shape index (κ1) is 26.7. The van der Waals surface area contributed by atoms with Gasteiger partial charge in [-0.2, -0.15) is 17.5 Å². The molecule has 0 atom stereocenters. The lowest BCUT2D eigenvalue weighted by Crippen LogP contribution is -2.48. The van der Waals surface area contributed by atoms with Crippen LogP contribution < -0.4 is 10.2 Å². The van der Waals surface area contributed by atoms with E-state index in [0.29, 0.717) is 21.7 Å². The lowest BCUT2D eigenvalue weighted by molar-refractivity contribution is -0.137. The van der Waals surface area contributed by atoms with E-state index in [2.05, 4.69) is 10.3 Å². The standard InChI is InChI=1S/C22H19Cl2F3N4O3S2/c23-16-3-1-14(2-4-16)21(32)29-13-17-5-6-19(35-17)36(33,34)31-9-7-30(8-10-31)20-18(24)11-15(12-28-20)22(25,26)27/h1-6,11-12H,7-10,13H2,(H,29,32). The van der Waals surface area contributed by atoms with Crippen LogP contribution in [0.15, 0.2) is 52.9 Å². The van der Waals surface area contributed by atoms with Crippen LogP contribution in [0.25, 0.3) is 0 Å². The molecule has 1 amide bonds. The van der Waals surface area contributed by atoms with Crippen LogP contribution in [0.1, 0.15) is 20.8 Å². The molecule has 0 saturated carbocycles. The third-order valence-corrected chi connectivity index (χ3v) is 9.43. The minimum absolute atomic E-state index is 0.113. The van der Waals surface area contributed by atoms with E-state index in [1.807, 2.05) is 0 Å². The molecule has 3 heterocycles. The number of pyridine rings is 1. The Balaban J connectivity index is 1.36. The number of amides is 1. The molecule has 1 fully saturated rings. The second kappa shape index (κ2) is 10.5. The summed E-state index contributed by atoms with van der Waals surface area (Å²) in [5.41, 5.74) is -0.514. The molecule has 1 aromatic carbocycles. The largest absolute Gasteiger partial charge is 0.417 e. The van der Waals surface area contributed by atoms with Crippen LogP contribution in [0.4, 0.5) is 19.0 Å². The Morgan fingerprint density at radius 2 is 1.72 bits per heavy atom. The van der Waals surface area contributed by atoms with Gasteiger partial charge in [-0.1, -0.05) is 23.2 Å². The maximum Gasteiger partial charge on any atom is 0.417 e. The maximum atomic E-state index is 13.1. The monoisotopic (exact) mass is 578 g/mol. The molecule has 1 aliphatic heterocycles. The van der Waals surface area contributed by atoms with Gasteiger partial charge < -0.3 is 10.2 Å². The topological polar surface area (TPSA) is 82.6 Å². The Kier molecular flexibility index (Phi) is 7.81. The van der Waals surface area contributed by atoms with Crippen LogP contribution in [0.5, 0.6) is 0 Å². The maximum absolute atomic E-state index is 13.1. The van der Waals surface area contributed by atoms with Crippen LogP contribution in [0.3, 0.4) is 0 Å². The third kappa shape index (κ3) is 5.94. The molecule has 0 aliphatic carbocycles. The Bertz CT molecular complexity index is 1360. The lowest BCUT2D eigenvalue weighted by Gasteiger charge is -2.34. The summed E-state index contributed by atoms with van der Waals surface area (Å²) >= 11 is 12.9. The number of nitrogens with zero attached hydrogens (tertiary/aromatic N) is 3. The van der Waals surface area contributed by atoms with Crippen molar-refractivity contribution >= 4 is 56.3 Å². The summed E-state index contributed by atoms with van der Waals surface area (Å²) < 4.78 is 66.2. The summed E-state index contributed by atoms with van der Waals surface area (Å²) in [4.78, 5) is 18.4. The number of hydrogen-bond acceptors (Lipinski definition) is 6. The number of nitrogens with one attached hydrogen (secondary N) is 1. The van der Waals surface area contributed by atoms with Gasteiger partial charge in [0, 0.05) is 47.8 Å². The number of thiophene rings is 1. The minimum Gasteiger partial charge on any atom is -0.353 e. The fraction of sp³-hybridized carbons (Fsp3) is 0.273. The van der Waals surface area contributed by atoms with Gasteiger partial charge in [-0.3, -0.25) is 4.79 Å². The van der Waals surface area contributed by atoms with E-state index in [0.717, 1.165) is 17.4 Å². The number of sulfonamides is 1. The number of rotatable bonds is 6. The number of halogens is 5. The minimum atomic E-state index is -4.56. The molecule has 1 saturated heterocycles. The summed E-state index contributed by atoms with van der Waals surface area (Å²) in [6, 6.07) is 10.3. The van der Waals surface area contributed by atoms with E-state index in [1.54, 1.807) is 35.2 Å². The fourth-order valence-corrected chi connectivity index (χ4v) is 6.83. The fourth-order valence-electron chi connectivity index (χ4n) is 3.55. The van der Waals surface area contributed by atoms with Gasteiger partial charge in [0.1, 0.15) is 10.0 Å². The van der Waals surface area contributed by atoms with Crippen molar-refractivity contribution in [1.29, 1.82) is 0 Å². The van der Waals surface area contributed by atoms with Crippen molar-refractivity contribution in [3.63, 3.8) is 0 Å². The van der Waals surface area contributed by atoms with Gasteiger partial charge in [-0.15, -0.1) is 11.3 Å². The van der Waals surface area contributed by atoms with E-state index in [4.69, 9.17) is 23.2 Å². The molecule has 0 spiro atoms. The molecule has 2 aromatic heterocycles. The van der Waals surface area contributed by atoms with Crippen molar-refractivity contribution < 1.29 is 26.4 Å². The molecule has 192 valence electrons. The summed E-state index contributed by atoms with van der Waals surface area (Å²) in [6.45, 7) is 0.816. The number of carbonyl (C=O) groups is 1. The van der Waals surface area contributed by atoms with Gasteiger partial charge in [0.05, 0.1) is 17.1 Å². The number of carbonyl (C=O) groups excluding carboxylic acids is 1. The highest BCUT2D eigenvalue weighted by Crippen LogP contribution is 2.34. The molecule has 1 N–H and O–H groups in total. The molecule has 3 aromatic rings. The average molecular weight is 579 g/mol. The quantitative estimate of drug-likeness (QED) is 0.449. The second-order valence-corrected chi connectivity index (χ2v) is 12.0. The van der Waals surface area contributed by atoms with Crippen LogP contribution in [-0.2, 0) is 22.7 Å². The van der Waals surface area contributed by atoms with Gasteiger partial charge in [-0.25, -0.2) is 13.4 Å². The van der Waals surface area contributed by atoms with E-state index in [1.165, 1.54) is 10.4 Å². The molecule has 4 rings (SSSR count). The van der Waals surface area contributed by atoms with Gasteiger partial charge >= 0.3 is 6.18 Å². The third-order valence-electron chi connectivity index (χ3n) is 5.45. The zero-order valence-electron chi connectivity index (χ0n) is 18.4. The molecule has 36 heavy (non-hydrogen) atoms. The highest BCUT2D eigenvalue weighted by molar-refractivity contribution is 7.91. The Labute approximate surface area is 219 Å². The van der Waals surface area contributed by atoms with Gasteiger partial charge in [0.25, 0.3) is 15.9 Å². The zero-order valence-corrected chi connectivity index (χ0v) is 21.6. The first-order valence-corrected chi connectivity index (χ1v) is 13.6. The van der Waals surface area contributed by atoms with Crippen molar-refractivity contribution in [2.24, 2.45) is 0 Å². The van der Waals surface area contributed by atoms with E-state index >= 15 is 0 Å². The van der Waals surface area contributed by atoms with Crippen molar-refractivity contribution in [3.05, 3.63) is 74.7 Å². The molecular formula is C22H19Cl2F3N4O3S2. The smallest absolute Gasteiger partial charge is 0.353 e. The number of benzene rings is 1. The zero-order chi connectivity index (χ0) is 26.1. The van der Waals surface area contributed by atoms with Crippen molar-refractivity contribution in [3.8, 4) is 0 Å². The number of piperazine rings is 1. The van der Waals surface area contributed by atoms with Gasteiger partial charge in [0.2, 0.25) is 0 Å². The summed E-state index contributed by atoms with van der Waals surface area (Å²) in [6.07, 6.45) is -3.84. The molecular weight excluding hydrogens is 560 g/mol. The summed E-state index contributed by atoms with van der Waals surface area (Å²) in [5, 5.41) is 3.11. The molecule has 0 radical (unpaired) electrons. The highest BCUT2D eigenvalue weighted by Gasteiger charge is 2.34. The van der Waals surface area contributed by atoms with Crippen molar-refractivity contribution in [2.45, 2.75) is 16.9 Å². The first-order valence-electron chi connectivity index (χ1n) is 10.6. The van der Waals surface area contributed by atoms with E-state index in [9.17, 15) is 26.4 Å². The number of hydrogen-bond donors (Lipinski definition) is 1. The van der Waals surface area contributed by atoms with Crippen molar-refractivity contribution in [1.82, 2.24) is 14.6 Å². The SMILES string of the molecule is O=C(NCc1ccc(S(=O)(=O)N2CCN(c3ncc(C(F)(F)F)cc3Cl)CC2)s1)c1ccc(Cl)cc1. The molecule has 7 nitrogen and oxygen atoms in total. The van der Waals surface area contributed by atoms with Crippen LogP contribution >= 0.6 is 34.5 Å². The van der Waals surface area contributed by atoms with E-state index in [-0.39, 0.29) is 53.7 Å². The van der Waals surface area contributed by atoms with Crippen LogP contribution in [-0.4, -0.2) is 49.8 Å². The average Bonchev–Trinajstić information content (AvgIpc) is 3.32. The Hall–Kier alpha value is -2.38. The van der Waals surface area contributed by atoms with Crippen molar-refractivity contribution in [2.75, 3.05) is 31.1 Å². The lowest BCUT2D eigenvalue weighted by atomic mass is 10.2. The number of alkyl halides is 3. The Morgan fingerprint density at radius 1 is 1.06 bits per heavy atom. The first-order chi connectivity index (χ1) is 16.9. The van der Waals surface area contributed by atoms with Crippen LogP contribution in [0, 0.1) is 0 Å². The van der Waals surface area contributed by atoms with Gasteiger partial charge in [-0.05, 0) is 42.5 Å². The van der Waals surface area contributed by atoms with Crippen LogP contribution in [0.2, 0.25) is 10.0 Å². The molecule has 0 bridgehead atoms. The summed E-state index contributed by atoms with van der Waals surface area (Å²) in [7, 11) is -3.78. The highest BCUT2D eigenvalue weighted by atomic mass is 35.5. The predicted octanol–water partition coefficient (Wildman–Crippen LogP) is 4.91. The molecule has 1 aliphatic rings. The second-order valence-electron chi connectivity index (χ2n) is 7.83. The molecule has 0 unspecified atom stereocenters. The number of anilines is 1. The Morgan fingerprint density at radius 3 is 2.33 bits per heavy atom. The molecule has 14 heteroatoms. The van der Waals surface area contributed by atoms with Gasteiger partial charge in [0.15, 0.2) is 0 Å². The predicted molar refractivity (Wildman–Crippen MR) is 132 cm³/mol. The normalized spacial score (nSPS) is 15.2. The van der Waals surface area contributed by atoms with E-state index < -0.39 is 21.8 Å². The summed E-state index contributed by atoms with van der Waals surface area (Å²) in [5.74, 6) is -0.132.